The Morgan fingerprint density at radius 2 is 1.78 bits per heavy atom. The van der Waals surface area contributed by atoms with E-state index in [1.807, 2.05) is 24.3 Å². The van der Waals surface area contributed by atoms with Crippen molar-refractivity contribution >= 4 is 17.0 Å². The summed E-state index contributed by atoms with van der Waals surface area (Å²) in [4.78, 5) is 4.75. The average molecular weight is 322 g/mol. The van der Waals surface area contributed by atoms with Gasteiger partial charge < -0.3 is 5.73 Å². The Balaban J connectivity index is 1.77. The molecule has 0 unspecified atom stereocenters. The van der Waals surface area contributed by atoms with Gasteiger partial charge in [0.05, 0.1) is 10.7 Å². The van der Waals surface area contributed by atoms with E-state index < -0.39 is 0 Å². The molecule has 1 heterocycles. The van der Waals surface area contributed by atoms with Crippen molar-refractivity contribution in [3.8, 4) is 11.3 Å². The first-order valence-corrected chi connectivity index (χ1v) is 8.69. The molecule has 0 spiro atoms. The molecule has 2 nitrogen and oxygen atoms in total. The summed E-state index contributed by atoms with van der Waals surface area (Å²) in [5.41, 5.74) is 11.6. The van der Waals surface area contributed by atoms with Crippen LogP contribution in [0.25, 0.3) is 11.3 Å². The third kappa shape index (κ3) is 3.80. The Labute approximate surface area is 142 Å². The Bertz CT molecular complexity index is 795. The molecule has 3 rings (SSSR count). The first kappa shape index (κ1) is 15.8. The van der Waals surface area contributed by atoms with Crippen molar-refractivity contribution in [3.63, 3.8) is 0 Å². The van der Waals surface area contributed by atoms with Gasteiger partial charge in [-0.3, -0.25) is 0 Å². The third-order valence-corrected chi connectivity index (χ3v) is 4.76. The summed E-state index contributed by atoms with van der Waals surface area (Å²) < 4.78 is 0. The van der Waals surface area contributed by atoms with E-state index >= 15 is 0 Å². The van der Waals surface area contributed by atoms with E-state index in [-0.39, 0.29) is 5.41 Å². The van der Waals surface area contributed by atoms with E-state index in [0.29, 0.717) is 0 Å². The predicted octanol–water partition coefficient (Wildman–Crippen LogP) is 5.28. The van der Waals surface area contributed by atoms with Crippen molar-refractivity contribution in [2.45, 2.75) is 32.6 Å². The van der Waals surface area contributed by atoms with Crippen molar-refractivity contribution in [1.29, 1.82) is 0 Å². The molecule has 0 amide bonds. The number of anilines is 1. The molecular formula is C20H22N2S. The summed E-state index contributed by atoms with van der Waals surface area (Å²) in [7, 11) is 0. The first-order valence-electron chi connectivity index (χ1n) is 7.81. The minimum Gasteiger partial charge on any atom is -0.399 e. The molecule has 0 fully saturated rings. The lowest BCUT2D eigenvalue weighted by atomic mass is 9.86. The second-order valence-corrected chi connectivity index (χ2v) is 7.82. The highest BCUT2D eigenvalue weighted by molar-refractivity contribution is 7.10. The number of rotatable bonds is 3. The van der Waals surface area contributed by atoms with Crippen LogP contribution < -0.4 is 5.73 Å². The van der Waals surface area contributed by atoms with Crippen LogP contribution in [0, 0.1) is 0 Å². The van der Waals surface area contributed by atoms with Crippen LogP contribution in [-0.2, 0) is 11.8 Å². The highest BCUT2D eigenvalue weighted by Gasteiger charge is 2.13. The van der Waals surface area contributed by atoms with Crippen LogP contribution in [0.4, 0.5) is 5.69 Å². The largest absolute Gasteiger partial charge is 0.399 e. The molecule has 23 heavy (non-hydrogen) atoms. The summed E-state index contributed by atoms with van der Waals surface area (Å²) in [6.07, 6.45) is 0.872. The molecule has 0 bridgehead atoms. The summed E-state index contributed by atoms with van der Waals surface area (Å²) >= 11 is 1.70. The average Bonchev–Trinajstić information content (AvgIpc) is 2.95. The van der Waals surface area contributed by atoms with Crippen molar-refractivity contribution < 1.29 is 0 Å². The second-order valence-electron chi connectivity index (χ2n) is 6.88. The number of nitrogens with zero attached hydrogens (tertiary/aromatic N) is 1. The number of hydrogen-bond acceptors (Lipinski definition) is 3. The molecule has 3 aromatic rings. The number of nitrogen functional groups attached to an aromatic ring is 1. The summed E-state index contributed by atoms with van der Waals surface area (Å²) in [5.74, 6) is 0. The van der Waals surface area contributed by atoms with Crippen molar-refractivity contribution in [2.75, 3.05) is 5.73 Å². The summed E-state index contributed by atoms with van der Waals surface area (Å²) in [5, 5.41) is 3.24. The van der Waals surface area contributed by atoms with E-state index in [4.69, 9.17) is 10.7 Å². The zero-order chi connectivity index (χ0) is 16.4. The summed E-state index contributed by atoms with van der Waals surface area (Å²) in [6.45, 7) is 6.71. The minimum atomic E-state index is 0.195. The second kappa shape index (κ2) is 6.17. The molecule has 3 heteroatoms. The quantitative estimate of drug-likeness (QED) is 0.666. The van der Waals surface area contributed by atoms with Gasteiger partial charge in [-0.25, -0.2) is 4.98 Å². The SMILES string of the molecule is CC(C)(C)c1ccc(Cc2nc(-c3cccc(N)c3)cs2)cc1. The first-order chi connectivity index (χ1) is 10.9. The van der Waals surface area contributed by atoms with E-state index in [1.54, 1.807) is 11.3 Å². The molecule has 2 aromatic carbocycles. The fraction of sp³-hybridized carbons (Fsp3) is 0.250. The van der Waals surface area contributed by atoms with Crippen LogP contribution in [0.1, 0.15) is 36.9 Å². The van der Waals surface area contributed by atoms with Gasteiger partial charge in [0.25, 0.3) is 0 Å². The van der Waals surface area contributed by atoms with Crippen LogP contribution in [0.5, 0.6) is 0 Å². The smallest absolute Gasteiger partial charge is 0.0976 e. The van der Waals surface area contributed by atoms with Crippen molar-refractivity contribution in [1.82, 2.24) is 4.98 Å². The fourth-order valence-corrected chi connectivity index (χ4v) is 3.36. The van der Waals surface area contributed by atoms with Gasteiger partial charge in [-0.2, -0.15) is 0 Å². The molecule has 0 aliphatic carbocycles. The van der Waals surface area contributed by atoms with Gasteiger partial charge in [-0.05, 0) is 28.7 Å². The molecule has 2 N–H and O–H groups in total. The van der Waals surface area contributed by atoms with Gasteiger partial charge in [-0.1, -0.05) is 57.2 Å². The maximum atomic E-state index is 5.85. The Kier molecular flexibility index (Phi) is 4.22. The normalized spacial score (nSPS) is 11.6. The maximum Gasteiger partial charge on any atom is 0.0976 e. The molecule has 0 aliphatic heterocycles. The Morgan fingerprint density at radius 3 is 2.43 bits per heavy atom. The van der Waals surface area contributed by atoms with Crippen LogP contribution in [-0.4, -0.2) is 4.98 Å². The van der Waals surface area contributed by atoms with Crippen molar-refractivity contribution in [3.05, 3.63) is 70.0 Å². The third-order valence-electron chi connectivity index (χ3n) is 3.91. The van der Waals surface area contributed by atoms with Gasteiger partial charge in [0.1, 0.15) is 0 Å². The lowest BCUT2D eigenvalue weighted by Crippen LogP contribution is -2.10. The molecule has 0 aliphatic rings. The highest BCUT2D eigenvalue weighted by Crippen LogP contribution is 2.26. The molecule has 0 saturated heterocycles. The maximum absolute atomic E-state index is 5.85. The number of benzene rings is 2. The standard InChI is InChI=1S/C20H22N2S/c1-20(2,3)16-9-7-14(8-10-16)11-19-22-18(13-23-19)15-5-4-6-17(21)12-15/h4-10,12-13H,11,21H2,1-3H3. The zero-order valence-corrected chi connectivity index (χ0v) is 14.7. The van der Waals surface area contributed by atoms with Gasteiger partial charge in [0.2, 0.25) is 0 Å². The molecule has 1 aromatic heterocycles. The van der Waals surface area contributed by atoms with Crippen LogP contribution in [0.2, 0.25) is 0 Å². The number of aromatic nitrogens is 1. The van der Waals surface area contributed by atoms with Gasteiger partial charge in [-0.15, -0.1) is 11.3 Å². The molecular weight excluding hydrogens is 300 g/mol. The molecule has 118 valence electrons. The van der Waals surface area contributed by atoms with Gasteiger partial charge in [0.15, 0.2) is 0 Å². The minimum absolute atomic E-state index is 0.195. The number of thiazole rings is 1. The lowest BCUT2D eigenvalue weighted by molar-refractivity contribution is 0.590. The molecule has 0 saturated carbocycles. The highest BCUT2D eigenvalue weighted by atomic mass is 32.1. The van der Waals surface area contributed by atoms with E-state index in [0.717, 1.165) is 28.4 Å². The number of nitrogens with two attached hydrogens (primary N) is 1. The zero-order valence-electron chi connectivity index (χ0n) is 13.8. The number of hydrogen-bond donors (Lipinski definition) is 1. The van der Waals surface area contributed by atoms with Gasteiger partial charge in [0, 0.05) is 23.1 Å². The lowest BCUT2D eigenvalue weighted by Gasteiger charge is -2.19. The topological polar surface area (TPSA) is 38.9 Å². The fourth-order valence-electron chi connectivity index (χ4n) is 2.52. The van der Waals surface area contributed by atoms with Crippen LogP contribution >= 0.6 is 11.3 Å². The Hall–Kier alpha value is -2.13. The monoisotopic (exact) mass is 322 g/mol. The molecule has 0 atom stereocenters. The van der Waals surface area contributed by atoms with Crippen molar-refractivity contribution in [2.24, 2.45) is 0 Å². The van der Waals surface area contributed by atoms with Crippen LogP contribution in [0.15, 0.2) is 53.9 Å². The molecule has 0 radical (unpaired) electrons. The predicted molar refractivity (Wildman–Crippen MR) is 99.9 cm³/mol. The summed E-state index contributed by atoms with van der Waals surface area (Å²) in [6, 6.07) is 16.8. The van der Waals surface area contributed by atoms with Gasteiger partial charge >= 0.3 is 0 Å². The van der Waals surface area contributed by atoms with E-state index in [2.05, 4.69) is 50.4 Å². The van der Waals surface area contributed by atoms with E-state index in [1.165, 1.54) is 11.1 Å². The van der Waals surface area contributed by atoms with Crippen LogP contribution in [0.3, 0.4) is 0 Å². The van der Waals surface area contributed by atoms with E-state index in [9.17, 15) is 0 Å². The Morgan fingerprint density at radius 1 is 1.04 bits per heavy atom.